The molecule has 1 aliphatic carbocycles. The van der Waals surface area contributed by atoms with Gasteiger partial charge in [-0.05, 0) is 37.3 Å². The van der Waals surface area contributed by atoms with Gasteiger partial charge in [0.1, 0.15) is 0 Å². The molecule has 2 amide bonds. The third-order valence-electron chi connectivity index (χ3n) is 5.43. The predicted molar refractivity (Wildman–Crippen MR) is 89.3 cm³/mol. The van der Waals surface area contributed by atoms with Crippen molar-refractivity contribution in [3.05, 3.63) is 34.9 Å². The van der Waals surface area contributed by atoms with Gasteiger partial charge in [-0.25, -0.2) is 0 Å². The van der Waals surface area contributed by atoms with Crippen LogP contribution >= 0.6 is 11.6 Å². The first-order valence-electron chi connectivity index (χ1n) is 7.69. The van der Waals surface area contributed by atoms with Gasteiger partial charge in [0, 0.05) is 5.92 Å². The van der Waals surface area contributed by atoms with E-state index in [1.165, 1.54) is 0 Å². The Morgan fingerprint density at radius 3 is 2.33 bits per heavy atom. The molecule has 1 saturated carbocycles. The number of amides is 2. The highest BCUT2D eigenvalue weighted by Crippen LogP contribution is 2.56. The van der Waals surface area contributed by atoms with E-state index >= 15 is 0 Å². The minimum absolute atomic E-state index is 0.250. The zero-order chi connectivity index (χ0) is 18.1. The van der Waals surface area contributed by atoms with Crippen LogP contribution in [-0.2, 0) is 9.59 Å². The first kappa shape index (κ1) is 18.3. The van der Waals surface area contributed by atoms with E-state index in [2.05, 4.69) is 10.9 Å². The lowest BCUT2D eigenvalue weighted by Gasteiger charge is -2.37. The molecule has 6 nitrogen and oxygen atoms in total. The first-order valence-corrected chi connectivity index (χ1v) is 8.07. The summed E-state index contributed by atoms with van der Waals surface area (Å²) in [4.78, 5) is 36.1. The fraction of sp³-hybridized carbons (Fsp3) is 0.471. The van der Waals surface area contributed by atoms with Gasteiger partial charge in [0.15, 0.2) is 0 Å². The van der Waals surface area contributed by atoms with Crippen LogP contribution < -0.4 is 10.9 Å². The van der Waals surface area contributed by atoms with E-state index in [0.29, 0.717) is 12.8 Å². The minimum atomic E-state index is -0.984. The smallest absolute Gasteiger partial charge is 0.309 e. The van der Waals surface area contributed by atoms with Crippen molar-refractivity contribution in [1.29, 1.82) is 0 Å². The second-order valence-corrected chi connectivity index (χ2v) is 7.28. The fourth-order valence-corrected chi connectivity index (χ4v) is 3.48. The van der Waals surface area contributed by atoms with Crippen LogP contribution in [0.5, 0.6) is 0 Å². The maximum Gasteiger partial charge on any atom is 0.309 e. The van der Waals surface area contributed by atoms with Crippen LogP contribution in [0, 0.1) is 16.7 Å². The molecule has 130 valence electrons. The number of halogens is 1. The molecule has 3 N–H and O–H groups in total. The van der Waals surface area contributed by atoms with Crippen molar-refractivity contribution in [1.82, 2.24) is 10.9 Å². The molecule has 1 aliphatic rings. The molecule has 1 aromatic rings. The Balaban J connectivity index is 2.05. The highest BCUT2D eigenvalue weighted by molar-refractivity contribution is 6.33. The standard InChI is InChI=1S/C17H21ClN2O4/c1-16(2)11(8-9-17(16,3)15(23)24)14(22)20-19-13(21)10-6-4-5-7-12(10)18/h4-7,11H,8-9H2,1-3H3,(H,19,21)(H,20,22)(H,23,24)/t11-,17-/m1/s1. The number of rotatable bonds is 3. The lowest BCUT2D eigenvalue weighted by molar-refractivity contribution is -0.155. The minimum Gasteiger partial charge on any atom is -0.481 e. The summed E-state index contributed by atoms with van der Waals surface area (Å²) in [6, 6.07) is 6.49. The summed E-state index contributed by atoms with van der Waals surface area (Å²) in [5, 5.41) is 9.77. The number of carboxylic acids is 1. The lowest BCUT2D eigenvalue weighted by atomic mass is 9.65. The molecule has 7 heteroatoms. The molecule has 0 aromatic heterocycles. The van der Waals surface area contributed by atoms with Crippen molar-refractivity contribution in [3.63, 3.8) is 0 Å². The predicted octanol–water partition coefficient (Wildman–Crippen LogP) is 2.63. The third-order valence-corrected chi connectivity index (χ3v) is 5.76. The molecule has 0 bridgehead atoms. The zero-order valence-electron chi connectivity index (χ0n) is 13.9. The van der Waals surface area contributed by atoms with E-state index in [1.54, 1.807) is 45.0 Å². The number of hydrogen-bond donors (Lipinski definition) is 3. The van der Waals surface area contributed by atoms with Crippen molar-refractivity contribution < 1.29 is 19.5 Å². The number of hydrogen-bond acceptors (Lipinski definition) is 3. The average molecular weight is 353 g/mol. The van der Waals surface area contributed by atoms with Gasteiger partial charge in [0.25, 0.3) is 5.91 Å². The molecule has 2 rings (SSSR count). The van der Waals surface area contributed by atoms with E-state index < -0.39 is 34.5 Å². The molecule has 24 heavy (non-hydrogen) atoms. The van der Waals surface area contributed by atoms with E-state index in [9.17, 15) is 19.5 Å². The van der Waals surface area contributed by atoms with E-state index in [-0.39, 0.29) is 10.6 Å². The number of aliphatic carboxylic acids is 1. The number of carbonyl (C=O) groups is 3. The Labute approximate surface area is 145 Å². The largest absolute Gasteiger partial charge is 0.481 e. The van der Waals surface area contributed by atoms with E-state index in [0.717, 1.165) is 0 Å². The summed E-state index contributed by atoms with van der Waals surface area (Å²) in [5.41, 5.74) is 3.26. The van der Waals surface area contributed by atoms with Gasteiger partial charge in [0.2, 0.25) is 5.91 Å². The molecule has 2 atom stereocenters. The second-order valence-electron chi connectivity index (χ2n) is 6.87. The van der Waals surface area contributed by atoms with Crippen LogP contribution in [-0.4, -0.2) is 22.9 Å². The number of hydrazine groups is 1. The first-order chi connectivity index (χ1) is 11.1. The van der Waals surface area contributed by atoms with Crippen LogP contribution in [0.1, 0.15) is 44.0 Å². The van der Waals surface area contributed by atoms with Crippen LogP contribution in [0.25, 0.3) is 0 Å². The third kappa shape index (κ3) is 2.98. The second kappa shape index (κ2) is 6.43. The summed E-state index contributed by atoms with van der Waals surface area (Å²) in [6.45, 7) is 5.20. The van der Waals surface area contributed by atoms with Gasteiger partial charge >= 0.3 is 5.97 Å². The average Bonchev–Trinajstić information content (AvgIpc) is 2.76. The molecule has 0 aliphatic heterocycles. The van der Waals surface area contributed by atoms with Gasteiger partial charge < -0.3 is 5.11 Å². The number of carbonyl (C=O) groups excluding carboxylic acids is 2. The Bertz CT molecular complexity index is 689. The van der Waals surface area contributed by atoms with Crippen molar-refractivity contribution in [2.75, 3.05) is 0 Å². The van der Waals surface area contributed by atoms with Gasteiger partial charge in [-0.15, -0.1) is 0 Å². The number of benzene rings is 1. The Morgan fingerprint density at radius 1 is 1.17 bits per heavy atom. The Hall–Kier alpha value is -2.08. The summed E-state index contributed by atoms with van der Waals surface area (Å²) >= 11 is 5.94. The highest BCUT2D eigenvalue weighted by Gasteiger charge is 2.58. The van der Waals surface area contributed by atoms with Crippen molar-refractivity contribution in [2.24, 2.45) is 16.7 Å². The maximum atomic E-state index is 12.4. The fourth-order valence-electron chi connectivity index (χ4n) is 3.26. The molecular formula is C17H21ClN2O4. The van der Waals surface area contributed by atoms with Crippen molar-refractivity contribution in [2.45, 2.75) is 33.6 Å². The quantitative estimate of drug-likeness (QED) is 0.729. The summed E-state index contributed by atoms with van der Waals surface area (Å²) in [7, 11) is 0. The maximum absolute atomic E-state index is 12.4. The van der Waals surface area contributed by atoms with Gasteiger partial charge in [0.05, 0.1) is 16.0 Å². The molecular weight excluding hydrogens is 332 g/mol. The number of nitrogens with one attached hydrogen (secondary N) is 2. The molecule has 1 aromatic carbocycles. The SMILES string of the molecule is CC1(C)[C@@H](C(=O)NNC(=O)c2ccccc2Cl)CC[C@]1(C)C(=O)O. The van der Waals surface area contributed by atoms with Crippen LogP contribution in [0.4, 0.5) is 0 Å². The van der Waals surface area contributed by atoms with Crippen LogP contribution in [0.3, 0.4) is 0 Å². The molecule has 1 fully saturated rings. The van der Waals surface area contributed by atoms with E-state index in [1.807, 2.05) is 0 Å². The summed E-state index contributed by atoms with van der Waals surface area (Å²) in [6.07, 6.45) is 0.857. The number of carboxylic acid groups (broad SMARTS) is 1. The monoisotopic (exact) mass is 352 g/mol. The molecule has 0 saturated heterocycles. The zero-order valence-corrected chi connectivity index (χ0v) is 14.6. The Morgan fingerprint density at radius 2 is 1.79 bits per heavy atom. The van der Waals surface area contributed by atoms with Crippen molar-refractivity contribution in [3.8, 4) is 0 Å². The van der Waals surface area contributed by atoms with Crippen LogP contribution in [0.2, 0.25) is 5.02 Å². The lowest BCUT2D eigenvalue weighted by Crippen LogP contribution is -2.49. The van der Waals surface area contributed by atoms with Gasteiger partial charge in [-0.2, -0.15) is 0 Å². The molecule has 0 unspecified atom stereocenters. The van der Waals surface area contributed by atoms with Crippen LogP contribution in [0.15, 0.2) is 24.3 Å². The molecule has 0 radical (unpaired) electrons. The normalized spacial score (nSPS) is 25.1. The van der Waals surface area contributed by atoms with E-state index in [4.69, 9.17) is 11.6 Å². The summed E-state index contributed by atoms with van der Waals surface area (Å²) < 4.78 is 0. The topological polar surface area (TPSA) is 95.5 Å². The van der Waals surface area contributed by atoms with Gasteiger partial charge in [-0.3, -0.25) is 25.2 Å². The highest BCUT2D eigenvalue weighted by atomic mass is 35.5. The summed E-state index contributed by atoms with van der Waals surface area (Å²) in [5.74, 6) is -2.34. The molecule has 0 heterocycles. The van der Waals surface area contributed by atoms with Crippen molar-refractivity contribution >= 4 is 29.4 Å². The Kier molecular flexibility index (Phi) is 4.90. The molecule has 0 spiro atoms. The van der Waals surface area contributed by atoms with Gasteiger partial charge in [-0.1, -0.05) is 37.6 Å².